The SMILES string of the molecule is CCCCCCC[O][Zr](=[O])([CH2]CCCCCC)([CH2]CCCCCC)[O]CCCCCCC. The first-order chi connectivity index (χ1) is 15.5. The summed E-state index contributed by atoms with van der Waals surface area (Å²) in [6.07, 6.45) is 23.9. The summed E-state index contributed by atoms with van der Waals surface area (Å²) in [5.74, 6) is 0. The maximum absolute atomic E-state index is 14.7. The molecule has 4 heteroatoms. The number of hydrogen-bond acceptors (Lipinski definition) is 3. The van der Waals surface area contributed by atoms with E-state index in [9.17, 15) is 2.81 Å². The third-order valence-corrected chi connectivity index (χ3v) is 17.5. The molecule has 3 nitrogen and oxygen atoms in total. The molecule has 194 valence electrons. The molecule has 0 aliphatic carbocycles. The molecular formula is C28H60O3Zr. The van der Waals surface area contributed by atoms with Gasteiger partial charge in [-0.3, -0.25) is 0 Å². The van der Waals surface area contributed by atoms with Gasteiger partial charge in [0.2, 0.25) is 0 Å². The van der Waals surface area contributed by atoms with E-state index in [4.69, 9.17) is 5.63 Å². The van der Waals surface area contributed by atoms with Crippen LogP contribution in [0.1, 0.15) is 156 Å². The Morgan fingerprint density at radius 3 is 1.00 bits per heavy atom. The molecule has 0 unspecified atom stereocenters. The summed E-state index contributed by atoms with van der Waals surface area (Å²) < 4.78 is 29.0. The second-order valence-corrected chi connectivity index (χ2v) is 20.8. The molecule has 0 bridgehead atoms. The summed E-state index contributed by atoms with van der Waals surface area (Å²) in [6.45, 7) is 10.3. The normalized spacial score (nSPS) is 12.5. The maximum atomic E-state index is 14.7. The molecule has 0 spiro atoms. The Morgan fingerprint density at radius 1 is 0.406 bits per heavy atom. The van der Waals surface area contributed by atoms with Gasteiger partial charge in [0.05, 0.1) is 0 Å². The summed E-state index contributed by atoms with van der Waals surface area (Å²) in [4.78, 5) is 0. The van der Waals surface area contributed by atoms with E-state index in [0.29, 0.717) is 21.5 Å². The van der Waals surface area contributed by atoms with Gasteiger partial charge in [-0.05, 0) is 0 Å². The predicted octanol–water partition coefficient (Wildman–Crippen LogP) is 10.6. The molecule has 0 aromatic carbocycles. The molecule has 0 saturated heterocycles. The number of unbranched alkanes of at least 4 members (excludes halogenated alkanes) is 16. The van der Waals surface area contributed by atoms with E-state index in [-0.39, 0.29) is 0 Å². The van der Waals surface area contributed by atoms with Crippen molar-refractivity contribution in [3.05, 3.63) is 0 Å². The van der Waals surface area contributed by atoms with Crippen LogP contribution in [0.2, 0.25) is 8.26 Å². The van der Waals surface area contributed by atoms with Gasteiger partial charge in [0.15, 0.2) is 0 Å². The van der Waals surface area contributed by atoms with Gasteiger partial charge in [0.1, 0.15) is 0 Å². The molecular weight excluding hydrogens is 476 g/mol. The van der Waals surface area contributed by atoms with Gasteiger partial charge in [-0.2, -0.15) is 0 Å². The number of rotatable bonds is 26. The molecule has 0 saturated carbocycles. The van der Waals surface area contributed by atoms with E-state index in [1.807, 2.05) is 0 Å². The van der Waals surface area contributed by atoms with Crippen molar-refractivity contribution in [2.75, 3.05) is 13.2 Å². The van der Waals surface area contributed by atoms with E-state index in [1.165, 1.54) is 89.9 Å². The summed E-state index contributed by atoms with van der Waals surface area (Å²) in [6, 6.07) is 0. The van der Waals surface area contributed by atoms with Crippen LogP contribution in [0.4, 0.5) is 0 Å². The first kappa shape index (κ1) is 32.6. The van der Waals surface area contributed by atoms with Gasteiger partial charge >= 0.3 is 206 Å². The van der Waals surface area contributed by atoms with Gasteiger partial charge in [-0.1, -0.05) is 0 Å². The minimum absolute atomic E-state index is 0.637. The van der Waals surface area contributed by atoms with Gasteiger partial charge in [-0.25, -0.2) is 0 Å². The average Bonchev–Trinajstić information content (AvgIpc) is 2.79. The van der Waals surface area contributed by atoms with Crippen LogP contribution in [0.15, 0.2) is 0 Å². The minimum atomic E-state index is -4.87. The van der Waals surface area contributed by atoms with Gasteiger partial charge < -0.3 is 0 Å². The van der Waals surface area contributed by atoms with Crippen molar-refractivity contribution in [3.63, 3.8) is 0 Å². The quantitative estimate of drug-likeness (QED) is 0.103. The second-order valence-electron chi connectivity index (χ2n) is 10.2. The topological polar surface area (TPSA) is 35.5 Å². The fourth-order valence-electron chi connectivity index (χ4n) is 4.61. The Labute approximate surface area is 205 Å². The van der Waals surface area contributed by atoms with Crippen molar-refractivity contribution in [3.8, 4) is 0 Å². The number of hydrogen-bond donors (Lipinski definition) is 0. The van der Waals surface area contributed by atoms with Crippen molar-refractivity contribution in [2.24, 2.45) is 0 Å². The molecule has 0 fully saturated rings. The first-order valence-electron chi connectivity index (χ1n) is 14.7. The molecule has 0 atom stereocenters. The van der Waals surface area contributed by atoms with E-state index in [0.717, 1.165) is 38.5 Å². The first-order valence-corrected chi connectivity index (χ1v) is 21.2. The fourth-order valence-corrected chi connectivity index (χ4v) is 14.4. The van der Waals surface area contributed by atoms with Crippen LogP contribution in [0.3, 0.4) is 0 Å². The zero-order valence-corrected chi connectivity index (χ0v) is 25.2. The Bertz CT molecular complexity index is 410. The Balaban J connectivity index is 5.00. The molecule has 0 amide bonds. The second kappa shape index (κ2) is 22.1. The molecule has 0 aromatic heterocycles. The van der Waals surface area contributed by atoms with Crippen LogP contribution in [0, 0.1) is 0 Å². The van der Waals surface area contributed by atoms with Crippen molar-refractivity contribution >= 4 is 0 Å². The average molecular weight is 536 g/mol. The third kappa shape index (κ3) is 18.0. The Kier molecular flexibility index (Phi) is 22.5. The van der Waals surface area contributed by atoms with Crippen LogP contribution >= 0.6 is 0 Å². The van der Waals surface area contributed by atoms with Crippen LogP contribution < -0.4 is 0 Å². The summed E-state index contributed by atoms with van der Waals surface area (Å²) in [5, 5.41) is 0. The van der Waals surface area contributed by atoms with Gasteiger partial charge in [0, 0.05) is 0 Å². The van der Waals surface area contributed by atoms with Crippen LogP contribution in [-0.4, -0.2) is 13.2 Å². The van der Waals surface area contributed by atoms with Gasteiger partial charge in [-0.15, -0.1) is 0 Å². The summed E-state index contributed by atoms with van der Waals surface area (Å²) >= 11 is -4.87. The zero-order chi connectivity index (χ0) is 23.8. The predicted molar refractivity (Wildman–Crippen MR) is 137 cm³/mol. The van der Waals surface area contributed by atoms with E-state index in [1.54, 1.807) is 0 Å². The molecule has 0 rings (SSSR count). The van der Waals surface area contributed by atoms with Crippen molar-refractivity contribution < 1.29 is 28.1 Å². The fraction of sp³-hybridized carbons (Fsp3) is 1.00. The van der Waals surface area contributed by atoms with Crippen molar-refractivity contribution in [1.82, 2.24) is 0 Å². The van der Waals surface area contributed by atoms with Crippen molar-refractivity contribution in [2.45, 2.75) is 164 Å². The van der Waals surface area contributed by atoms with E-state index < -0.39 is 19.7 Å². The third-order valence-electron chi connectivity index (χ3n) is 6.87. The van der Waals surface area contributed by atoms with Crippen LogP contribution in [0.5, 0.6) is 0 Å². The molecule has 0 N–H and O–H groups in total. The standard InChI is InChI=1S/2C7H15O.2C7H15.O.Zr/c2*1-2-3-4-5-6-7-8;2*1-3-5-7-6-4-2;;/h2*2-7H2,1H3;2*1,3-7H2,2H3;;/q2*-1;;;;+2. The summed E-state index contributed by atoms with van der Waals surface area (Å²) in [7, 11) is 0. The molecule has 0 radical (unpaired) electrons. The van der Waals surface area contributed by atoms with Crippen LogP contribution in [0.25, 0.3) is 0 Å². The molecule has 0 aliphatic rings. The Morgan fingerprint density at radius 2 is 0.688 bits per heavy atom. The molecule has 0 aromatic rings. The van der Waals surface area contributed by atoms with E-state index >= 15 is 0 Å². The monoisotopic (exact) mass is 534 g/mol. The summed E-state index contributed by atoms with van der Waals surface area (Å²) in [5.41, 5.74) is 0. The molecule has 32 heavy (non-hydrogen) atoms. The Hall–Kier alpha value is 0.603. The van der Waals surface area contributed by atoms with E-state index in [2.05, 4.69) is 27.7 Å². The molecule has 0 heterocycles. The van der Waals surface area contributed by atoms with Gasteiger partial charge in [0.25, 0.3) is 0 Å². The van der Waals surface area contributed by atoms with Crippen LogP contribution in [-0.2, 0) is 28.1 Å². The zero-order valence-electron chi connectivity index (χ0n) is 22.7. The molecule has 0 aliphatic heterocycles. The van der Waals surface area contributed by atoms with Crippen molar-refractivity contribution in [1.29, 1.82) is 0 Å².